The Balaban J connectivity index is 6.41. The van der Waals surface area contributed by atoms with Crippen molar-refractivity contribution >= 4 is 15.1 Å². The van der Waals surface area contributed by atoms with Crippen LogP contribution in [0.3, 0.4) is 0 Å². The van der Waals surface area contributed by atoms with Gasteiger partial charge in [-0.1, -0.05) is 20.8 Å². The predicted octanol–water partition coefficient (Wildman–Crippen LogP) is 5.60. The molecule has 0 saturated carbocycles. The quantitative estimate of drug-likeness (QED) is 0.122. The van der Waals surface area contributed by atoms with E-state index in [0.29, 0.717) is 58.9 Å². The molecule has 0 fully saturated rings. The van der Waals surface area contributed by atoms with Crippen LogP contribution in [0.5, 0.6) is 0 Å². The summed E-state index contributed by atoms with van der Waals surface area (Å²) < 4.78 is 55.4. The van der Waals surface area contributed by atoms with Gasteiger partial charge in [-0.15, -0.1) is 0 Å². The highest BCUT2D eigenvalue weighted by Crippen LogP contribution is 2.32. The monoisotopic (exact) mass is 510 g/mol. The van der Waals surface area contributed by atoms with Crippen molar-refractivity contribution in [3.8, 4) is 0 Å². The summed E-state index contributed by atoms with van der Waals surface area (Å²) in [6.45, 7) is 19.9. The lowest BCUT2D eigenvalue weighted by Crippen LogP contribution is -2.55. The fourth-order valence-corrected chi connectivity index (χ4v) is 5.47. The number of hydrogen-bond donors (Lipinski definition) is 0. The summed E-state index contributed by atoms with van der Waals surface area (Å²) in [7, 11) is 0. The molecule has 0 bridgehead atoms. The van der Waals surface area contributed by atoms with Crippen molar-refractivity contribution in [1.82, 2.24) is 0 Å². The molecule has 34 heavy (non-hydrogen) atoms. The summed E-state index contributed by atoms with van der Waals surface area (Å²) in [5.74, 6) is -3.95. The minimum Gasteiger partial charge on any atom is -0.405 e. The van der Waals surface area contributed by atoms with Crippen LogP contribution in [0.2, 0.25) is 0 Å². The van der Waals surface area contributed by atoms with E-state index in [2.05, 4.69) is 0 Å². The SMILES string of the molecule is CCCC(OCC)(OCC)[O][Al]([O]C(CCC)(OCC)OCC)[O]C(CCC)(OCC)OCC. The van der Waals surface area contributed by atoms with Gasteiger partial charge in [-0.05, 0) is 60.8 Å². The molecule has 0 aromatic carbocycles. The van der Waals surface area contributed by atoms with Crippen molar-refractivity contribution in [3.63, 3.8) is 0 Å². The molecule has 0 aromatic heterocycles. The highest BCUT2D eigenvalue weighted by Gasteiger charge is 2.54. The van der Waals surface area contributed by atoms with Gasteiger partial charge in [0, 0.05) is 58.9 Å². The van der Waals surface area contributed by atoms with Crippen molar-refractivity contribution in [2.75, 3.05) is 39.6 Å². The normalized spacial score (nSPS) is 13.0. The van der Waals surface area contributed by atoms with Gasteiger partial charge in [0.25, 0.3) is 17.9 Å². The van der Waals surface area contributed by atoms with Crippen molar-refractivity contribution in [2.24, 2.45) is 0 Å². The molecule has 0 aliphatic rings. The Morgan fingerprint density at radius 3 is 0.735 bits per heavy atom. The van der Waals surface area contributed by atoms with Gasteiger partial charge in [0.15, 0.2) is 0 Å². The first-order chi connectivity index (χ1) is 16.3. The first-order valence-corrected chi connectivity index (χ1v) is 14.6. The molecule has 0 radical (unpaired) electrons. The minimum absolute atomic E-state index is 0.398. The predicted molar refractivity (Wildman–Crippen MR) is 132 cm³/mol. The molecule has 0 saturated heterocycles. The lowest BCUT2D eigenvalue weighted by molar-refractivity contribution is -0.407. The minimum atomic E-state index is -3.14. The lowest BCUT2D eigenvalue weighted by Gasteiger charge is -2.41. The Morgan fingerprint density at radius 1 is 0.382 bits per heavy atom. The zero-order chi connectivity index (χ0) is 25.9. The van der Waals surface area contributed by atoms with Gasteiger partial charge in [0.2, 0.25) is 0 Å². The first-order valence-electron chi connectivity index (χ1n) is 13.2. The second kappa shape index (κ2) is 19.3. The third-order valence-corrected chi connectivity index (χ3v) is 6.34. The molecule has 0 amide bonds. The van der Waals surface area contributed by atoms with E-state index in [1.54, 1.807) is 0 Å². The second-order valence-corrected chi connectivity index (χ2v) is 8.82. The van der Waals surface area contributed by atoms with Crippen LogP contribution in [-0.2, 0) is 39.8 Å². The van der Waals surface area contributed by atoms with E-state index in [9.17, 15) is 0 Å². The molecule has 0 spiro atoms. The standard InChI is InChI=1S/3C8H17O3.Al/c3*1-4-7-8(9,10-5-2)11-6-3;/h3*4-7H2,1-3H3;/q3*-1;+3. The van der Waals surface area contributed by atoms with Gasteiger partial charge in [0.05, 0.1) is 0 Å². The summed E-state index contributed by atoms with van der Waals surface area (Å²) >= 11 is -3.14. The molecule has 0 N–H and O–H groups in total. The molecule has 204 valence electrons. The summed E-state index contributed by atoms with van der Waals surface area (Å²) in [6.07, 6.45) is 3.82. The second-order valence-electron chi connectivity index (χ2n) is 7.54. The zero-order valence-electron chi connectivity index (χ0n) is 23.2. The molecule has 0 heterocycles. The van der Waals surface area contributed by atoms with Crippen molar-refractivity contribution in [1.29, 1.82) is 0 Å². The topological polar surface area (TPSA) is 83.1 Å². The van der Waals surface area contributed by atoms with Crippen LogP contribution in [0.15, 0.2) is 0 Å². The third kappa shape index (κ3) is 11.9. The maximum atomic E-state index is 6.48. The van der Waals surface area contributed by atoms with Gasteiger partial charge in [-0.3, -0.25) is 0 Å². The van der Waals surface area contributed by atoms with Crippen molar-refractivity contribution < 1.29 is 39.8 Å². The molecule has 0 aromatic rings. The zero-order valence-corrected chi connectivity index (χ0v) is 24.4. The van der Waals surface area contributed by atoms with E-state index in [4.69, 9.17) is 39.8 Å². The van der Waals surface area contributed by atoms with Gasteiger partial charge >= 0.3 is 15.1 Å². The maximum absolute atomic E-state index is 6.48. The molecule has 9 nitrogen and oxygen atoms in total. The van der Waals surface area contributed by atoms with Gasteiger partial charge in [-0.25, -0.2) is 0 Å². The Hall–Kier alpha value is 0.172. The molecule has 10 heteroatoms. The average Bonchev–Trinajstić information content (AvgIpc) is 2.75. The van der Waals surface area contributed by atoms with E-state index in [1.807, 2.05) is 62.3 Å². The van der Waals surface area contributed by atoms with Crippen LogP contribution in [-0.4, -0.2) is 72.7 Å². The van der Waals surface area contributed by atoms with E-state index >= 15 is 0 Å². The maximum Gasteiger partial charge on any atom is 0.916 e. The molecule has 0 rings (SSSR count). The number of rotatable bonds is 24. The van der Waals surface area contributed by atoms with Crippen LogP contribution in [0.25, 0.3) is 0 Å². The van der Waals surface area contributed by atoms with Crippen LogP contribution in [0.1, 0.15) is 101 Å². The Kier molecular flexibility index (Phi) is 19.4. The molecular formula is C24H51AlO9. The van der Waals surface area contributed by atoms with Crippen molar-refractivity contribution in [2.45, 2.75) is 119 Å². The Morgan fingerprint density at radius 2 is 0.588 bits per heavy atom. The number of ether oxygens (including phenoxy) is 6. The highest BCUT2D eigenvalue weighted by atomic mass is 27.3. The lowest BCUT2D eigenvalue weighted by atomic mass is 10.3. The summed E-state index contributed by atoms with van der Waals surface area (Å²) in [4.78, 5) is 0. The van der Waals surface area contributed by atoms with Crippen LogP contribution in [0, 0.1) is 0 Å². The van der Waals surface area contributed by atoms with Crippen molar-refractivity contribution in [3.05, 3.63) is 0 Å². The fourth-order valence-electron chi connectivity index (χ4n) is 3.69. The van der Waals surface area contributed by atoms with Crippen LogP contribution >= 0.6 is 0 Å². The molecule has 0 aliphatic heterocycles. The molecule has 0 unspecified atom stereocenters. The smallest absolute Gasteiger partial charge is 0.405 e. The summed E-state index contributed by atoms with van der Waals surface area (Å²) in [5, 5.41) is 0. The Labute approximate surface area is 213 Å². The van der Waals surface area contributed by atoms with Gasteiger partial charge in [0.1, 0.15) is 0 Å². The highest BCUT2D eigenvalue weighted by molar-refractivity contribution is 6.36. The third-order valence-electron chi connectivity index (χ3n) is 4.68. The Bertz CT molecular complexity index is 364. The van der Waals surface area contributed by atoms with Gasteiger partial charge in [-0.2, -0.15) is 0 Å². The van der Waals surface area contributed by atoms with E-state index < -0.39 is 33.1 Å². The number of hydrogen-bond acceptors (Lipinski definition) is 9. The van der Waals surface area contributed by atoms with Gasteiger partial charge < -0.3 is 39.8 Å². The van der Waals surface area contributed by atoms with E-state index in [-0.39, 0.29) is 0 Å². The molecule has 0 aliphatic carbocycles. The summed E-state index contributed by atoms with van der Waals surface area (Å²) in [6, 6.07) is 0. The van der Waals surface area contributed by atoms with E-state index in [1.165, 1.54) is 0 Å². The average molecular weight is 511 g/mol. The van der Waals surface area contributed by atoms with Crippen LogP contribution in [0.4, 0.5) is 0 Å². The molecule has 0 atom stereocenters. The molecular weight excluding hydrogens is 459 g/mol. The van der Waals surface area contributed by atoms with Crippen LogP contribution < -0.4 is 0 Å². The largest absolute Gasteiger partial charge is 0.916 e. The summed E-state index contributed by atoms with van der Waals surface area (Å²) in [5.41, 5.74) is 0. The van der Waals surface area contributed by atoms with E-state index in [0.717, 1.165) is 19.3 Å². The fraction of sp³-hybridized carbons (Fsp3) is 1.00. The first kappa shape index (κ1) is 34.2.